The van der Waals surface area contributed by atoms with E-state index < -0.39 is 0 Å². The van der Waals surface area contributed by atoms with Crippen LogP contribution in [0.4, 0.5) is 0 Å². The Labute approximate surface area is 105 Å². The van der Waals surface area contributed by atoms with Crippen LogP contribution in [0, 0.1) is 0 Å². The zero-order valence-corrected chi connectivity index (χ0v) is 11.1. The maximum Gasteiger partial charge on any atom is 0.0713 e. The standard InChI is InChI=1S/C14H24N2O/c1-4-16(5-2)14(10-15)13-8-6-12(7-9-13)11-17-3/h6-9,14H,4-5,10-11,15H2,1-3H3. The number of methoxy groups -OCH3 is 1. The third-order valence-corrected chi connectivity index (χ3v) is 3.15. The maximum absolute atomic E-state index is 5.89. The molecule has 3 heteroatoms. The van der Waals surface area contributed by atoms with Crippen molar-refractivity contribution in [2.24, 2.45) is 5.73 Å². The topological polar surface area (TPSA) is 38.5 Å². The first-order valence-corrected chi connectivity index (χ1v) is 6.28. The molecule has 1 aromatic carbocycles. The highest BCUT2D eigenvalue weighted by Crippen LogP contribution is 2.19. The lowest BCUT2D eigenvalue weighted by Crippen LogP contribution is -2.33. The van der Waals surface area contributed by atoms with E-state index in [-0.39, 0.29) is 0 Å². The van der Waals surface area contributed by atoms with E-state index in [9.17, 15) is 0 Å². The molecular weight excluding hydrogens is 212 g/mol. The summed E-state index contributed by atoms with van der Waals surface area (Å²) < 4.78 is 5.11. The molecule has 0 spiro atoms. The molecule has 1 atom stereocenters. The fourth-order valence-electron chi connectivity index (χ4n) is 2.16. The van der Waals surface area contributed by atoms with E-state index in [1.54, 1.807) is 7.11 Å². The summed E-state index contributed by atoms with van der Waals surface area (Å²) in [7, 11) is 1.71. The van der Waals surface area contributed by atoms with Crippen molar-refractivity contribution in [3.63, 3.8) is 0 Å². The minimum absolute atomic E-state index is 0.321. The number of nitrogens with zero attached hydrogens (tertiary/aromatic N) is 1. The van der Waals surface area contributed by atoms with Crippen LogP contribution in [0.25, 0.3) is 0 Å². The number of hydrogen-bond donors (Lipinski definition) is 1. The van der Waals surface area contributed by atoms with Gasteiger partial charge in [0.2, 0.25) is 0 Å². The third kappa shape index (κ3) is 3.80. The van der Waals surface area contributed by atoms with Gasteiger partial charge >= 0.3 is 0 Å². The molecule has 0 saturated carbocycles. The van der Waals surface area contributed by atoms with Crippen LogP contribution >= 0.6 is 0 Å². The normalized spacial score (nSPS) is 13.0. The van der Waals surface area contributed by atoms with E-state index in [2.05, 4.69) is 43.0 Å². The van der Waals surface area contributed by atoms with E-state index in [0.29, 0.717) is 19.2 Å². The molecule has 1 aromatic rings. The third-order valence-electron chi connectivity index (χ3n) is 3.15. The van der Waals surface area contributed by atoms with Crippen molar-refractivity contribution in [2.75, 3.05) is 26.7 Å². The first-order valence-electron chi connectivity index (χ1n) is 6.28. The Morgan fingerprint density at radius 3 is 2.18 bits per heavy atom. The summed E-state index contributed by atoms with van der Waals surface area (Å²) in [5.41, 5.74) is 8.38. The van der Waals surface area contributed by atoms with Gasteiger partial charge in [0.05, 0.1) is 6.61 Å². The van der Waals surface area contributed by atoms with Gasteiger partial charge in [-0.1, -0.05) is 38.1 Å². The molecule has 96 valence electrons. The molecule has 0 saturated heterocycles. The highest BCUT2D eigenvalue weighted by molar-refractivity contribution is 5.25. The Kier molecular flexibility index (Phi) is 6.19. The van der Waals surface area contributed by atoms with Gasteiger partial charge in [-0.25, -0.2) is 0 Å². The number of likely N-dealkylation sites (N-methyl/N-ethyl adjacent to an activating group) is 1. The smallest absolute Gasteiger partial charge is 0.0713 e. The molecule has 0 aliphatic rings. The second-order valence-electron chi connectivity index (χ2n) is 4.15. The summed E-state index contributed by atoms with van der Waals surface area (Å²) in [6.07, 6.45) is 0. The summed E-state index contributed by atoms with van der Waals surface area (Å²) in [4.78, 5) is 2.38. The largest absolute Gasteiger partial charge is 0.380 e. The molecule has 1 unspecified atom stereocenters. The lowest BCUT2D eigenvalue weighted by atomic mass is 10.0. The SMILES string of the molecule is CCN(CC)C(CN)c1ccc(COC)cc1. The number of hydrogen-bond acceptors (Lipinski definition) is 3. The van der Waals surface area contributed by atoms with Crippen molar-refractivity contribution in [1.82, 2.24) is 4.90 Å². The van der Waals surface area contributed by atoms with Crippen LogP contribution in [0.1, 0.15) is 31.0 Å². The molecule has 1 rings (SSSR count). The van der Waals surface area contributed by atoms with Crippen LogP contribution in [0.3, 0.4) is 0 Å². The molecule has 0 aliphatic carbocycles. The van der Waals surface area contributed by atoms with Gasteiger partial charge in [0.1, 0.15) is 0 Å². The highest BCUT2D eigenvalue weighted by atomic mass is 16.5. The molecule has 3 nitrogen and oxygen atoms in total. The Bertz CT molecular complexity index is 307. The Hall–Kier alpha value is -0.900. The Morgan fingerprint density at radius 2 is 1.76 bits per heavy atom. The molecular formula is C14H24N2O. The molecule has 0 aliphatic heterocycles. The maximum atomic E-state index is 5.89. The fraction of sp³-hybridized carbons (Fsp3) is 0.571. The Balaban J connectivity index is 2.81. The number of rotatable bonds is 7. The van der Waals surface area contributed by atoms with Crippen LogP contribution in [0.15, 0.2) is 24.3 Å². The molecule has 0 heterocycles. The molecule has 0 aromatic heterocycles. The van der Waals surface area contributed by atoms with Crippen molar-refractivity contribution >= 4 is 0 Å². The summed E-state index contributed by atoms with van der Waals surface area (Å²) in [6, 6.07) is 8.87. The zero-order chi connectivity index (χ0) is 12.7. The molecule has 0 amide bonds. The molecule has 2 N–H and O–H groups in total. The summed E-state index contributed by atoms with van der Waals surface area (Å²) in [6.45, 7) is 7.72. The predicted molar refractivity (Wildman–Crippen MR) is 71.9 cm³/mol. The number of benzene rings is 1. The van der Waals surface area contributed by atoms with Crippen LogP contribution in [0.5, 0.6) is 0 Å². The van der Waals surface area contributed by atoms with Crippen molar-refractivity contribution in [1.29, 1.82) is 0 Å². The lowest BCUT2D eigenvalue weighted by Gasteiger charge is -2.29. The van der Waals surface area contributed by atoms with Crippen LogP contribution < -0.4 is 5.73 Å². The second kappa shape index (κ2) is 7.43. The minimum atomic E-state index is 0.321. The second-order valence-corrected chi connectivity index (χ2v) is 4.15. The van der Waals surface area contributed by atoms with Gasteiger partial charge in [0.25, 0.3) is 0 Å². The van der Waals surface area contributed by atoms with Crippen LogP contribution in [-0.2, 0) is 11.3 Å². The summed E-state index contributed by atoms with van der Waals surface area (Å²) >= 11 is 0. The van der Waals surface area contributed by atoms with Gasteiger partial charge < -0.3 is 10.5 Å². The van der Waals surface area contributed by atoms with Gasteiger partial charge in [-0.2, -0.15) is 0 Å². The van der Waals surface area contributed by atoms with Gasteiger partial charge in [-0.05, 0) is 24.2 Å². The van der Waals surface area contributed by atoms with E-state index in [0.717, 1.165) is 13.1 Å². The molecule has 0 fully saturated rings. The summed E-state index contributed by atoms with van der Waals surface area (Å²) in [5.74, 6) is 0. The van der Waals surface area contributed by atoms with Gasteiger partial charge in [-0.15, -0.1) is 0 Å². The predicted octanol–water partition coefficient (Wildman–Crippen LogP) is 2.17. The molecule has 0 bridgehead atoms. The van der Waals surface area contributed by atoms with E-state index >= 15 is 0 Å². The lowest BCUT2D eigenvalue weighted by molar-refractivity contribution is 0.184. The van der Waals surface area contributed by atoms with Crippen LogP contribution in [0.2, 0.25) is 0 Å². The van der Waals surface area contributed by atoms with E-state index in [4.69, 9.17) is 10.5 Å². The molecule has 17 heavy (non-hydrogen) atoms. The molecule has 0 radical (unpaired) electrons. The van der Waals surface area contributed by atoms with Crippen molar-refractivity contribution in [2.45, 2.75) is 26.5 Å². The average molecular weight is 236 g/mol. The quantitative estimate of drug-likeness (QED) is 0.788. The first-order chi connectivity index (χ1) is 8.26. The number of nitrogens with two attached hydrogens (primary N) is 1. The average Bonchev–Trinajstić information content (AvgIpc) is 2.37. The van der Waals surface area contributed by atoms with Gasteiger partial charge in [0, 0.05) is 19.7 Å². The monoisotopic (exact) mass is 236 g/mol. The van der Waals surface area contributed by atoms with Crippen molar-refractivity contribution in [3.8, 4) is 0 Å². The van der Waals surface area contributed by atoms with E-state index in [1.165, 1.54) is 11.1 Å². The number of ether oxygens (including phenoxy) is 1. The fourth-order valence-corrected chi connectivity index (χ4v) is 2.16. The zero-order valence-electron chi connectivity index (χ0n) is 11.1. The Morgan fingerprint density at radius 1 is 1.18 bits per heavy atom. The first kappa shape index (κ1) is 14.2. The minimum Gasteiger partial charge on any atom is -0.380 e. The van der Waals surface area contributed by atoms with E-state index in [1.807, 2.05) is 0 Å². The highest BCUT2D eigenvalue weighted by Gasteiger charge is 2.15. The van der Waals surface area contributed by atoms with Crippen LogP contribution in [-0.4, -0.2) is 31.6 Å². The summed E-state index contributed by atoms with van der Waals surface area (Å²) in [5, 5.41) is 0. The van der Waals surface area contributed by atoms with Gasteiger partial charge in [0.15, 0.2) is 0 Å². The van der Waals surface area contributed by atoms with Crippen molar-refractivity contribution in [3.05, 3.63) is 35.4 Å². The van der Waals surface area contributed by atoms with Crippen molar-refractivity contribution < 1.29 is 4.74 Å². The van der Waals surface area contributed by atoms with Gasteiger partial charge in [-0.3, -0.25) is 4.90 Å².